The molecule has 0 amide bonds. The van der Waals surface area contributed by atoms with E-state index in [0.717, 1.165) is 103 Å². The second-order valence-electron chi connectivity index (χ2n) is 14.0. The highest BCUT2D eigenvalue weighted by Gasteiger charge is 2.45. The van der Waals surface area contributed by atoms with Gasteiger partial charge in [-0.25, -0.2) is 0 Å². The number of ether oxygens (including phenoxy) is 4. The quantitative estimate of drug-likeness (QED) is 0.0291. The third-order valence-corrected chi connectivity index (χ3v) is 9.10. The van der Waals surface area contributed by atoms with E-state index in [4.69, 9.17) is 18.9 Å². The Morgan fingerprint density at radius 3 is 1.38 bits per heavy atom. The van der Waals surface area contributed by atoms with Gasteiger partial charge in [-0.3, -0.25) is 9.59 Å². The lowest BCUT2D eigenvalue weighted by atomic mass is 9.99. The number of rotatable bonds is 33. The minimum absolute atomic E-state index is 0.233. The van der Waals surface area contributed by atoms with Crippen LogP contribution >= 0.6 is 0 Å². The fraction of sp³-hybridized carbons (Fsp3) is 0.689. The maximum Gasteiger partial charge on any atom is 0.305 e. The van der Waals surface area contributed by atoms with Crippen LogP contribution in [0, 0.1) is 0 Å². The average Bonchev–Trinajstić information content (AvgIpc) is 3.18. The molecule has 314 valence electrons. The molecule has 5 atom stereocenters. The summed E-state index contributed by atoms with van der Waals surface area (Å²) in [6, 6.07) is 0. The van der Waals surface area contributed by atoms with Crippen LogP contribution in [0.4, 0.5) is 0 Å². The van der Waals surface area contributed by atoms with Gasteiger partial charge in [-0.05, 0) is 77.0 Å². The highest BCUT2D eigenvalue weighted by molar-refractivity contribution is 5.69. The molecule has 0 aromatic rings. The van der Waals surface area contributed by atoms with Gasteiger partial charge in [0.2, 0.25) is 0 Å². The van der Waals surface area contributed by atoms with E-state index in [0.29, 0.717) is 12.8 Å². The van der Waals surface area contributed by atoms with Gasteiger partial charge < -0.3 is 39.4 Å². The first-order chi connectivity index (χ1) is 26.8. The van der Waals surface area contributed by atoms with Gasteiger partial charge in [0, 0.05) is 12.8 Å². The monoisotopic (exact) mass is 775 g/mol. The molecule has 0 bridgehead atoms. The van der Waals surface area contributed by atoms with Crippen LogP contribution in [0.25, 0.3) is 0 Å². The lowest BCUT2D eigenvalue weighted by Crippen LogP contribution is -2.60. The summed E-state index contributed by atoms with van der Waals surface area (Å²) < 4.78 is 22.1. The third-order valence-electron chi connectivity index (χ3n) is 9.10. The zero-order valence-electron chi connectivity index (χ0n) is 33.9. The predicted octanol–water partition coefficient (Wildman–Crippen LogP) is 8.44. The van der Waals surface area contributed by atoms with Gasteiger partial charge in [-0.2, -0.15) is 0 Å². The van der Waals surface area contributed by atoms with E-state index in [-0.39, 0.29) is 26.1 Å². The van der Waals surface area contributed by atoms with E-state index in [2.05, 4.69) is 86.8 Å². The van der Waals surface area contributed by atoms with E-state index in [1.807, 2.05) is 0 Å². The van der Waals surface area contributed by atoms with Crippen molar-refractivity contribution in [1.82, 2.24) is 0 Å². The molecular weight excluding hydrogens is 700 g/mol. The Morgan fingerprint density at radius 2 is 0.945 bits per heavy atom. The van der Waals surface area contributed by atoms with Crippen LogP contribution in [-0.4, -0.2) is 89.0 Å². The molecule has 10 heteroatoms. The first kappa shape index (κ1) is 50.2. The first-order valence-electron chi connectivity index (χ1n) is 21.0. The second-order valence-corrected chi connectivity index (χ2v) is 14.0. The molecule has 1 rings (SSSR count). The van der Waals surface area contributed by atoms with Gasteiger partial charge in [-0.1, -0.05) is 125 Å². The molecule has 0 spiro atoms. The molecule has 0 aromatic heterocycles. The number of carbonyl (C=O) groups excluding carboxylic acids is 2. The van der Waals surface area contributed by atoms with Crippen LogP contribution in [0.15, 0.2) is 72.9 Å². The summed E-state index contributed by atoms with van der Waals surface area (Å²) >= 11 is 0. The van der Waals surface area contributed by atoms with Crippen molar-refractivity contribution in [3.63, 3.8) is 0 Å². The van der Waals surface area contributed by atoms with Crippen molar-refractivity contribution in [2.45, 2.75) is 179 Å². The van der Waals surface area contributed by atoms with Crippen LogP contribution in [0.2, 0.25) is 0 Å². The predicted molar refractivity (Wildman–Crippen MR) is 219 cm³/mol. The summed E-state index contributed by atoms with van der Waals surface area (Å²) in [4.78, 5) is 25.1. The zero-order chi connectivity index (χ0) is 40.2. The van der Waals surface area contributed by atoms with E-state index in [1.54, 1.807) is 0 Å². The zero-order valence-corrected chi connectivity index (χ0v) is 33.9. The van der Waals surface area contributed by atoms with Gasteiger partial charge in [0.15, 0.2) is 6.29 Å². The first-order valence-corrected chi connectivity index (χ1v) is 21.0. The van der Waals surface area contributed by atoms with Crippen LogP contribution in [0.5, 0.6) is 0 Å². The number of hydrogen-bond donors (Lipinski definition) is 4. The van der Waals surface area contributed by atoms with Crippen molar-refractivity contribution in [1.29, 1.82) is 0 Å². The fourth-order valence-corrected chi connectivity index (χ4v) is 5.79. The molecule has 55 heavy (non-hydrogen) atoms. The van der Waals surface area contributed by atoms with Gasteiger partial charge in [0.05, 0.1) is 6.61 Å². The van der Waals surface area contributed by atoms with Gasteiger partial charge in [0.1, 0.15) is 43.7 Å². The van der Waals surface area contributed by atoms with Crippen molar-refractivity contribution in [2.75, 3.05) is 19.8 Å². The van der Waals surface area contributed by atoms with Crippen LogP contribution in [0.1, 0.15) is 142 Å². The summed E-state index contributed by atoms with van der Waals surface area (Å²) in [6.45, 7) is 3.12. The van der Waals surface area contributed by atoms with Crippen molar-refractivity contribution in [2.24, 2.45) is 0 Å². The number of esters is 2. The molecule has 0 aromatic carbocycles. The number of aliphatic hydroxyl groups excluding tert-OH is 4. The molecule has 1 saturated heterocycles. The summed E-state index contributed by atoms with van der Waals surface area (Å²) in [5.41, 5.74) is 0. The Balaban J connectivity index is 2.37. The standard InChI is InChI=1S/C45H74O10/c1-3-5-7-9-11-13-15-17-19-21-23-25-27-29-31-33-40(47)52-36-38(54-45-44(51)43(50)42(49)39(35-46)55-45)37-53-41(48)34-32-30-28-26-24-22-20-18-16-14-12-10-8-6-4-2/h5-8,11-14,17-20,38-39,42-46,49-51H,3-4,9-10,15-16,21-37H2,1-2H3/b7-5+,8-6+,13-11+,14-12+,19-17-,20-18-/t39-,42+,43+,44-,45-/m1/s1. The largest absolute Gasteiger partial charge is 0.463 e. The molecule has 0 aliphatic carbocycles. The maximum atomic E-state index is 12.5. The minimum Gasteiger partial charge on any atom is -0.463 e. The molecule has 1 fully saturated rings. The Labute approximate surface area is 332 Å². The highest BCUT2D eigenvalue weighted by atomic mass is 16.7. The van der Waals surface area contributed by atoms with E-state index >= 15 is 0 Å². The Hall–Kier alpha value is -2.86. The molecule has 0 unspecified atom stereocenters. The van der Waals surface area contributed by atoms with Crippen molar-refractivity contribution < 1.29 is 49.0 Å². The number of allylic oxidation sites excluding steroid dienone is 12. The second kappa shape index (κ2) is 35.5. The molecule has 1 heterocycles. The number of hydrogen-bond acceptors (Lipinski definition) is 10. The molecule has 0 radical (unpaired) electrons. The van der Waals surface area contributed by atoms with Crippen LogP contribution < -0.4 is 0 Å². The van der Waals surface area contributed by atoms with Crippen molar-refractivity contribution in [3.05, 3.63) is 72.9 Å². The summed E-state index contributed by atoms with van der Waals surface area (Å²) in [5, 5.41) is 40.3. The molecule has 1 aliphatic heterocycles. The number of unbranched alkanes of at least 4 members (excludes halogenated alkanes) is 10. The SMILES string of the molecule is CC/C=C/C/C=C/C/C=C\CCCCCCCC(=O)OCC(COC(=O)CCCCCCC/C=C\C/C=C/C/C=C/CC)O[C@@H]1O[C@H](CO)[C@H](O)[C@H](O)[C@H]1O. The summed E-state index contributed by atoms with van der Waals surface area (Å²) in [7, 11) is 0. The van der Waals surface area contributed by atoms with Gasteiger partial charge in [0.25, 0.3) is 0 Å². The summed E-state index contributed by atoms with van der Waals surface area (Å²) in [5.74, 6) is -0.838. The van der Waals surface area contributed by atoms with Crippen LogP contribution in [-0.2, 0) is 28.5 Å². The highest BCUT2D eigenvalue weighted by Crippen LogP contribution is 2.23. The molecule has 10 nitrogen and oxygen atoms in total. The van der Waals surface area contributed by atoms with Crippen LogP contribution in [0.3, 0.4) is 0 Å². The normalized spacial score (nSPS) is 20.8. The summed E-state index contributed by atoms with van der Waals surface area (Å²) in [6.07, 6.45) is 36.0. The molecular formula is C45H74O10. The average molecular weight is 775 g/mol. The lowest BCUT2D eigenvalue weighted by molar-refractivity contribution is -0.315. The smallest absolute Gasteiger partial charge is 0.305 e. The topological polar surface area (TPSA) is 152 Å². The molecule has 4 N–H and O–H groups in total. The van der Waals surface area contributed by atoms with E-state index < -0.39 is 55.4 Å². The van der Waals surface area contributed by atoms with E-state index in [1.165, 1.54) is 0 Å². The Bertz CT molecular complexity index is 1060. The molecule has 1 aliphatic rings. The number of carbonyl (C=O) groups is 2. The Morgan fingerprint density at radius 1 is 0.545 bits per heavy atom. The minimum atomic E-state index is -1.64. The molecule has 0 saturated carbocycles. The lowest BCUT2D eigenvalue weighted by Gasteiger charge is -2.40. The Kier molecular flexibility index (Phi) is 32.4. The third kappa shape index (κ3) is 27.4. The maximum absolute atomic E-state index is 12.5. The van der Waals surface area contributed by atoms with Gasteiger partial charge in [-0.15, -0.1) is 0 Å². The van der Waals surface area contributed by atoms with Crippen molar-refractivity contribution >= 4 is 11.9 Å². The number of aliphatic hydroxyl groups is 4. The van der Waals surface area contributed by atoms with E-state index in [9.17, 15) is 30.0 Å². The fourth-order valence-electron chi connectivity index (χ4n) is 5.79. The van der Waals surface area contributed by atoms with Crippen molar-refractivity contribution in [3.8, 4) is 0 Å². The van der Waals surface area contributed by atoms with Gasteiger partial charge >= 0.3 is 11.9 Å².